The van der Waals surface area contributed by atoms with Crippen molar-refractivity contribution in [2.75, 3.05) is 7.05 Å². The average molecular weight is 271 g/mol. The van der Waals surface area contributed by atoms with Gasteiger partial charge in [0.15, 0.2) is 0 Å². The summed E-state index contributed by atoms with van der Waals surface area (Å²) in [5, 5.41) is 3.50. The zero-order valence-corrected chi connectivity index (χ0v) is 11.9. The molecule has 2 aromatic heterocycles. The second-order valence-electron chi connectivity index (χ2n) is 5.58. The fraction of sp³-hybridized carbons (Fsp3) is 0.438. The van der Waals surface area contributed by atoms with Gasteiger partial charge >= 0.3 is 0 Å². The van der Waals surface area contributed by atoms with Crippen molar-refractivity contribution in [1.82, 2.24) is 15.2 Å². The minimum atomic E-state index is 0.726. The molecule has 0 aromatic carbocycles. The number of nitrogens with zero attached hydrogens (tertiary/aromatic N) is 2. The molecule has 2 aromatic rings. The van der Waals surface area contributed by atoms with E-state index in [1.165, 1.54) is 18.4 Å². The van der Waals surface area contributed by atoms with Crippen molar-refractivity contribution in [3.05, 3.63) is 53.7 Å². The van der Waals surface area contributed by atoms with Crippen molar-refractivity contribution in [2.24, 2.45) is 0 Å². The zero-order valence-electron chi connectivity index (χ0n) is 11.9. The fourth-order valence-electron chi connectivity index (χ4n) is 2.28. The number of aromatic nitrogens is 1. The smallest absolute Gasteiger partial charge is 0.0947 e. The molecule has 0 aliphatic heterocycles. The second kappa shape index (κ2) is 6.20. The summed E-state index contributed by atoms with van der Waals surface area (Å²) in [6.07, 6.45) is 6.13. The monoisotopic (exact) mass is 271 g/mol. The predicted molar refractivity (Wildman–Crippen MR) is 78.0 cm³/mol. The minimum absolute atomic E-state index is 0.726. The molecule has 4 nitrogen and oxygen atoms in total. The van der Waals surface area contributed by atoms with Crippen LogP contribution in [-0.4, -0.2) is 23.0 Å². The molecule has 0 bridgehead atoms. The first-order valence-corrected chi connectivity index (χ1v) is 7.17. The predicted octanol–water partition coefficient (Wildman–Crippen LogP) is 2.56. The van der Waals surface area contributed by atoms with E-state index in [9.17, 15) is 0 Å². The summed E-state index contributed by atoms with van der Waals surface area (Å²) >= 11 is 0. The zero-order chi connectivity index (χ0) is 13.8. The van der Waals surface area contributed by atoms with Gasteiger partial charge in [0, 0.05) is 31.2 Å². The van der Waals surface area contributed by atoms with Crippen LogP contribution in [0.15, 0.2) is 41.2 Å². The quantitative estimate of drug-likeness (QED) is 0.840. The summed E-state index contributed by atoms with van der Waals surface area (Å²) in [6, 6.07) is 9.00. The number of hydrogen-bond acceptors (Lipinski definition) is 4. The number of hydrogen-bond donors (Lipinski definition) is 1. The van der Waals surface area contributed by atoms with E-state index in [0.717, 1.165) is 37.1 Å². The minimum Gasteiger partial charge on any atom is -0.472 e. The number of rotatable bonds is 7. The first kappa shape index (κ1) is 13.3. The Morgan fingerprint density at radius 3 is 2.85 bits per heavy atom. The SMILES string of the molecule is CN(Cc1ccoc1)Cc1cccc(CNC2CC2)n1. The molecule has 0 amide bonds. The van der Waals surface area contributed by atoms with Crippen LogP contribution >= 0.6 is 0 Å². The van der Waals surface area contributed by atoms with Gasteiger partial charge in [0.05, 0.1) is 23.9 Å². The highest BCUT2D eigenvalue weighted by Crippen LogP contribution is 2.19. The summed E-state index contributed by atoms with van der Waals surface area (Å²) in [5.41, 5.74) is 3.44. The molecule has 0 unspecified atom stereocenters. The molecule has 0 saturated heterocycles. The molecule has 1 aliphatic rings. The summed E-state index contributed by atoms with van der Waals surface area (Å²) in [4.78, 5) is 6.96. The first-order chi connectivity index (χ1) is 9.79. The molecule has 0 radical (unpaired) electrons. The van der Waals surface area contributed by atoms with Gasteiger partial charge in [-0.05, 0) is 38.1 Å². The van der Waals surface area contributed by atoms with Gasteiger partial charge in [-0.2, -0.15) is 0 Å². The van der Waals surface area contributed by atoms with Crippen LogP contribution in [0.1, 0.15) is 29.8 Å². The van der Waals surface area contributed by atoms with Crippen LogP contribution in [0.25, 0.3) is 0 Å². The topological polar surface area (TPSA) is 41.3 Å². The van der Waals surface area contributed by atoms with Gasteiger partial charge in [0.25, 0.3) is 0 Å². The molecule has 1 aliphatic carbocycles. The highest BCUT2D eigenvalue weighted by Gasteiger charge is 2.20. The maximum atomic E-state index is 5.09. The Bertz CT molecular complexity index is 534. The van der Waals surface area contributed by atoms with E-state index >= 15 is 0 Å². The van der Waals surface area contributed by atoms with Gasteiger partial charge in [0.2, 0.25) is 0 Å². The van der Waals surface area contributed by atoms with Crippen molar-refractivity contribution in [1.29, 1.82) is 0 Å². The molecule has 4 heteroatoms. The van der Waals surface area contributed by atoms with Gasteiger partial charge in [-0.3, -0.25) is 9.88 Å². The van der Waals surface area contributed by atoms with Crippen LogP contribution in [0, 0.1) is 0 Å². The van der Waals surface area contributed by atoms with Gasteiger partial charge in [-0.25, -0.2) is 0 Å². The van der Waals surface area contributed by atoms with Crippen molar-refractivity contribution < 1.29 is 4.42 Å². The molecule has 1 fully saturated rings. The van der Waals surface area contributed by atoms with Gasteiger partial charge < -0.3 is 9.73 Å². The molecule has 0 spiro atoms. The van der Waals surface area contributed by atoms with E-state index in [1.807, 2.05) is 6.07 Å². The van der Waals surface area contributed by atoms with E-state index in [-0.39, 0.29) is 0 Å². The van der Waals surface area contributed by atoms with Crippen molar-refractivity contribution in [3.63, 3.8) is 0 Å². The average Bonchev–Trinajstić information content (AvgIpc) is 3.14. The van der Waals surface area contributed by atoms with Crippen LogP contribution in [0.2, 0.25) is 0 Å². The number of nitrogens with one attached hydrogen (secondary N) is 1. The molecule has 1 N–H and O–H groups in total. The molecule has 20 heavy (non-hydrogen) atoms. The first-order valence-electron chi connectivity index (χ1n) is 7.17. The van der Waals surface area contributed by atoms with E-state index in [0.29, 0.717) is 0 Å². The molecule has 0 atom stereocenters. The highest BCUT2D eigenvalue weighted by molar-refractivity contribution is 5.12. The molecular formula is C16H21N3O. The number of furan rings is 1. The largest absolute Gasteiger partial charge is 0.472 e. The fourth-order valence-corrected chi connectivity index (χ4v) is 2.28. The highest BCUT2D eigenvalue weighted by atomic mass is 16.3. The Morgan fingerprint density at radius 1 is 1.25 bits per heavy atom. The lowest BCUT2D eigenvalue weighted by molar-refractivity contribution is 0.313. The van der Waals surface area contributed by atoms with Gasteiger partial charge in [-0.1, -0.05) is 6.07 Å². The third-order valence-electron chi connectivity index (χ3n) is 3.48. The van der Waals surface area contributed by atoms with Crippen LogP contribution in [0.4, 0.5) is 0 Å². The van der Waals surface area contributed by atoms with Gasteiger partial charge in [-0.15, -0.1) is 0 Å². The van der Waals surface area contributed by atoms with Crippen LogP contribution in [0.3, 0.4) is 0 Å². The van der Waals surface area contributed by atoms with E-state index in [1.54, 1.807) is 12.5 Å². The summed E-state index contributed by atoms with van der Waals surface area (Å²) in [5.74, 6) is 0. The lowest BCUT2D eigenvalue weighted by Gasteiger charge is -2.15. The van der Waals surface area contributed by atoms with Crippen LogP contribution < -0.4 is 5.32 Å². The van der Waals surface area contributed by atoms with E-state index in [2.05, 4.69) is 35.5 Å². The maximum absolute atomic E-state index is 5.09. The number of pyridine rings is 1. The van der Waals surface area contributed by atoms with Crippen LogP contribution in [0.5, 0.6) is 0 Å². The summed E-state index contributed by atoms with van der Waals surface area (Å²) in [7, 11) is 2.10. The van der Waals surface area contributed by atoms with E-state index in [4.69, 9.17) is 9.40 Å². The Labute approximate surface area is 119 Å². The standard InChI is InChI=1S/C16H21N3O/c1-19(10-13-7-8-20-12-13)11-16-4-2-3-15(18-16)9-17-14-5-6-14/h2-4,7-8,12,14,17H,5-6,9-11H2,1H3. The Morgan fingerprint density at radius 2 is 2.10 bits per heavy atom. The van der Waals surface area contributed by atoms with Gasteiger partial charge in [0.1, 0.15) is 0 Å². The van der Waals surface area contributed by atoms with Crippen molar-refractivity contribution in [2.45, 2.75) is 38.5 Å². The van der Waals surface area contributed by atoms with Crippen molar-refractivity contribution >= 4 is 0 Å². The molecule has 106 valence electrons. The summed E-state index contributed by atoms with van der Waals surface area (Å²) < 4.78 is 5.09. The summed E-state index contributed by atoms with van der Waals surface area (Å²) in [6.45, 7) is 2.61. The normalized spacial score (nSPS) is 14.9. The van der Waals surface area contributed by atoms with Crippen LogP contribution in [-0.2, 0) is 19.6 Å². The lowest BCUT2D eigenvalue weighted by atomic mass is 10.2. The third-order valence-corrected chi connectivity index (χ3v) is 3.48. The molecule has 3 rings (SSSR count). The molecular weight excluding hydrogens is 250 g/mol. The maximum Gasteiger partial charge on any atom is 0.0947 e. The second-order valence-corrected chi connectivity index (χ2v) is 5.58. The molecule has 1 saturated carbocycles. The Balaban J connectivity index is 1.54. The van der Waals surface area contributed by atoms with Crippen molar-refractivity contribution in [3.8, 4) is 0 Å². The Hall–Kier alpha value is -1.65. The molecule has 2 heterocycles. The third kappa shape index (κ3) is 3.92. The van der Waals surface area contributed by atoms with E-state index < -0.39 is 0 Å². The Kier molecular flexibility index (Phi) is 4.14. The lowest BCUT2D eigenvalue weighted by Crippen LogP contribution is -2.19.